The molecule has 27 heavy (non-hydrogen) atoms. The highest BCUT2D eigenvalue weighted by atomic mass is 16.2. The van der Waals surface area contributed by atoms with E-state index in [-0.39, 0.29) is 11.4 Å². The van der Waals surface area contributed by atoms with E-state index in [2.05, 4.69) is 60.7 Å². The number of aromatic amines is 1. The second kappa shape index (κ2) is 7.21. The number of H-pyrrole nitrogens is 1. The fourth-order valence-electron chi connectivity index (χ4n) is 5.38. The summed E-state index contributed by atoms with van der Waals surface area (Å²) in [6.07, 6.45) is 7.09. The number of para-hydroxylation sites is 1. The molecule has 4 nitrogen and oxygen atoms in total. The Balaban J connectivity index is 1.34. The van der Waals surface area contributed by atoms with Gasteiger partial charge in [0.05, 0.1) is 0 Å². The fourth-order valence-corrected chi connectivity index (χ4v) is 5.38. The first-order valence-electron chi connectivity index (χ1n) is 10.6. The van der Waals surface area contributed by atoms with Crippen LogP contribution in [0.1, 0.15) is 69.5 Å². The second-order valence-corrected chi connectivity index (χ2v) is 9.14. The Hall–Kier alpha value is -1.97. The number of fused-ring (bicyclic) bond motifs is 1. The number of hydrogen-bond acceptors (Lipinski definition) is 1. The van der Waals surface area contributed by atoms with E-state index in [9.17, 15) is 4.79 Å². The standard InChI is InChI=1S/C23H33N3O/c1-15-20(17-11-7-8-12-19(17)25-15)21-18(23(21,2)3)13-14-24-22(27)26-16-9-5-4-6-10-16/h7-8,11-12,16,18,21,25H,4-6,9-10,13-14H2,1-3H3,(H2,24,26,27)/t18-,21-/m0/s1. The van der Waals surface area contributed by atoms with Crippen LogP contribution >= 0.6 is 0 Å². The lowest BCUT2D eigenvalue weighted by atomic mass is 9.96. The largest absolute Gasteiger partial charge is 0.358 e. The van der Waals surface area contributed by atoms with Crippen LogP contribution in [0.15, 0.2) is 24.3 Å². The zero-order chi connectivity index (χ0) is 19.0. The summed E-state index contributed by atoms with van der Waals surface area (Å²) >= 11 is 0. The molecular formula is C23H33N3O. The van der Waals surface area contributed by atoms with Gasteiger partial charge in [0.2, 0.25) is 0 Å². The Labute approximate surface area is 162 Å². The van der Waals surface area contributed by atoms with Gasteiger partial charge in [-0.1, -0.05) is 51.3 Å². The van der Waals surface area contributed by atoms with E-state index < -0.39 is 0 Å². The summed E-state index contributed by atoms with van der Waals surface area (Å²) in [5.74, 6) is 1.18. The zero-order valence-electron chi connectivity index (χ0n) is 16.9. The van der Waals surface area contributed by atoms with Gasteiger partial charge in [0.25, 0.3) is 0 Å². The summed E-state index contributed by atoms with van der Waals surface area (Å²) in [6.45, 7) is 7.68. The van der Waals surface area contributed by atoms with Crippen LogP contribution in [-0.2, 0) is 0 Å². The van der Waals surface area contributed by atoms with Crippen LogP contribution in [0.25, 0.3) is 10.9 Å². The lowest BCUT2D eigenvalue weighted by Gasteiger charge is -2.22. The van der Waals surface area contributed by atoms with Crippen molar-refractivity contribution < 1.29 is 4.79 Å². The molecule has 0 bridgehead atoms. The van der Waals surface area contributed by atoms with Gasteiger partial charge in [-0.05, 0) is 55.1 Å². The van der Waals surface area contributed by atoms with E-state index in [4.69, 9.17) is 0 Å². The molecule has 2 saturated carbocycles. The number of benzene rings is 1. The third-order valence-electron chi connectivity index (χ3n) is 6.99. The van der Waals surface area contributed by atoms with E-state index in [1.54, 1.807) is 0 Å². The Morgan fingerprint density at radius 3 is 2.70 bits per heavy atom. The maximum absolute atomic E-state index is 12.2. The van der Waals surface area contributed by atoms with Crippen LogP contribution in [0, 0.1) is 18.3 Å². The Kier molecular flexibility index (Phi) is 4.92. The summed E-state index contributed by atoms with van der Waals surface area (Å²) in [7, 11) is 0. The first-order chi connectivity index (χ1) is 13.0. The Morgan fingerprint density at radius 1 is 1.19 bits per heavy atom. The van der Waals surface area contributed by atoms with Gasteiger partial charge < -0.3 is 15.6 Å². The summed E-state index contributed by atoms with van der Waals surface area (Å²) in [6, 6.07) is 8.99. The SMILES string of the molecule is Cc1[nH]c2ccccc2c1[C@@H]1[C@H](CCNC(=O)NC2CCCCC2)C1(C)C. The quantitative estimate of drug-likeness (QED) is 0.665. The number of carbonyl (C=O) groups excluding carboxylic acids is 1. The van der Waals surface area contributed by atoms with Gasteiger partial charge in [-0.25, -0.2) is 4.79 Å². The number of hydrogen-bond donors (Lipinski definition) is 3. The van der Waals surface area contributed by atoms with Crippen molar-refractivity contribution in [2.45, 2.75) is 71.3 Å². The fraction of sp³-hybridized carbons (Fsp3) is 0.609. The van der Waals surface area contributed by atoms with Crippen molar-refractivity contribution in [3.05, 3.63) is 35.5 Å². The highest BCUT2D eigenvalue weighted by molar-refractivity contribution is 5.86. The van der Waals surface area contributed by atoms with Crippen LogP contribution in [0.3, 0.4) is 0 Å². The van der Waals surface area contributed by atoms with Crippen molar-refractivity contribution in [3.8, 4) is 0 Å². The number of amides is 2. The molecule has 2 fully saturated rings. The predicted octanol–water partition coefficient (Wildman–Crippen LogP) is 5.24. The zero-order valence-corrected chi connectivity index (χ0v) is 16.9. The normalized spacial score (nSPS) is 24.7. The topological polar surface area (TPSA) is 56.9 Å². The number of rotatable bonds is 5. The van der Waals surface area contributed by atoms with E-state index in [1.165, 1.54) is 41.4 Å². The molecule has 0 radical (unpaired) electrons. The molecule has 0 saturated heterocycles. The molecule has 2 aliphatic rings. The first-order valence-corrected chi connectivity index (χ1v) is 10.6. The molecular weight excluding hydrogens is 334 g/mol. The van der Waals surface area contributed by atoms with Crippen LogP contribution in [0.5, 0.6) is 0 Å². The summed E-state index contributed by atoms with van der Waals surface area (Å²) in [5.41, 5.74) is 4.29. The summed E-state index contributed by atoms with van der Waals surface area (Å²) < 4.78 is 0. The first kappa shape index (κ1) is 18.4. The highest BCUT2D eigenvalue weighted by Gasteiger charge is 2.58. The maximum atomic E-state index is 12.2. The highest BCUT2D eigenvalue weighted by Crippen LogP contribution is 2.67. The molecule has 0 unspecified atom stereocenters. The molecule has 2 atom stereocenters. The van der Waals surface area contributed by atoms with Crippen LogP contribution in [0.2, 0.25) is 0 Å². The molecule has 3 N–H and O–H groups in total. The van der Waals surface area contributed by atoms with Crippen molar-refractivity contribution >= 4 is 16.9 Å². The monoisotopic (exact) mass is 367 g/mol. The minimum atomic E-state index is 0.0141. The number of carbonyl (C=O) groups is 1. The van der Waals surface area contributed by atoms with Crippen molar-refractivity contribution in [2.24, 2.45) is 11.3 Å². The van der Waals surface area contributed by atoms with Gasteiger partial charge in [-0.3, -0.25) is 0 Å². The molecule has 0 spiro atoms. The smallest absolute Gasteiger partial charge is 0.315 e. The maximum Gasteiger partial charge on any atom is 0.315 e. The van der Waals surface area contributed by atoms with Gasteiger partial charge in [0.1, 0.15) is 0 Å². The lowest BCUT2D eigenvalue weighted by Crippen LogP contribution is -2.43. The molecule has 2 aliphatic carbocycles. The summed E-state index contributed by atoms with van der Waals surface area (Å²) in [4.78, 5) is 15.7. The lowest BCUT2D eigenvalue weighted by molar-refractivity contribution is 0.232. The molecule has 1 aromatic heterocycles. The number of aromatic nitrogens is 1. The molecule has 0 aliphatic heterocycles. The van der Waals surface area contributed by atoms with E-state index >= 15 is 0 Å². The third kappa shape index (κ3) is 3.59. The van der Waals surface area contributed by atoms with Gasteiger partial charge in [0.15, 0.2) is 0 Å². The van der Waals surface area contributed by atoms with E-state index in [1.807, 2.05) is 0 Å². The minimum absolute atomic E-state index is 0.0141. The predicted molar refractivity (Wildman–Crippen MR) is 111 cm³/mol. The Bertz CT molecular complexity index is 816. The van der Waals surface area contributed by atoms with Crippen LogP contribution in [-0.4, -0.2) is 23.6 Å². The number of aryl methyl sites for hydroxylation is 1. The van der Waals surface area contributed by atoms with Gasteiger partial charge in [-0.2, -0.15) is 0 Å². The van der Waals surface area contributed by atoms with Gasteiger partial charge in [0, 0.05) is 29.2 Å². The third-order valence-corrected chi connectivity index (χ3v) is 6.99. The molecule has 1 heterocycles. The molecule has 146 valence electrons. The van der Waals surface area contributed by atoms with Gasteiger partial charge >= 0.3 is 6.03 Å². The van der Waals surface area contributed by atoms with E-state index in [0.29, 0.717) is 17.9 Å². The molecule has 2 amide bonds. The number of urea groups is 1. The Morgan fingerprint density at radius 2 is 1.93 bits per heavy atom. The number of nitrogens with one attached hydrogen (secondary N) is 3. The molecule has 1 aromatic carbocycles. The van der Waals surface area contributed by atoms with Crippen molar-refractivity contribution in [3.63, 3.8) is 0 Å². The molecule has 2 aromatic rings. The van der Waals surface area contributed by atoms with Crippen molar-refractivity contribution in [1.82, 2.24) is 15.6 Å². The minimum Gasteiger partial charge on any atom is -0.358 e. The van der Waals surface area contributed by atoms with Crippen molar-refractivity contribution in [2.75, 3.05) is 6.54 Å². The van der Waals surface area contributed by atoms with Crippen LogP contribution in [0.4, 0.5) is 4.79 Å². The summed E-state index contributed by atoms with van der Waals surface area (Å²) in [5, 5.41) is 7.61. The van der Waals surface area contributed by atoms with E-state index in [0.717, 1.165) is 25.8 Å². The van der Waals surface area contributed by atoms with Crippen molar-refractivity contribution in [1.29, 1.82) is 0 Å². The second-order valence-electron chi connectivity index (χ2n) is 9.14. The molecule has 4 rings (SSSR count). The average molecular weight is 368 g/mol. The molecule has 4 heteroatoms. The van der Waals surface area contributed by atoms with Crippen LogP contribution < -0.4 is 10.6 Å². The average Bonchev–Trinajstić information content (AvgIpc) is 3.01. The van der Waals surface area contributed by atoms with Gasteiger partial charge in [-0.15, -0.1) is 0 Å².